The van der Waals surface area contributed by atoms with Gasteiger partial charge in [0, 0.05) is 12.6 Å². The molecule has 1 unspecified atom stereocenters. The van der Waals surface area contributed by atoms with Crippen molar-refractivity contribution in [2.75, 3.05) is 13.2 Å². The Hall–Kier alpha value is -0.860. The van der Waals surface area contributed by atoms with Gasteiger partial charge in [0.2, 0.25) is 0 Å². The van der Waals surface area contributed by atoms with Crippen molar-refractivity contribution in [2.45, 2.75) is 45.1 Å². The molecule has 0 aromatic heterocycles. The molecule has 1 aromatic rings. The molecule has 0 fully saturated rings. The van der Waals surface area contributed by atoms with Crippen molar-refractivity contribution < 1.29 is 5.11 Å². The van der Waals surface area contributed by atoms with E-state index in [-0.39, 0.29) is 0 Å². The van der Waals surface area contributed by atoms with Crippen molar-refractivity contribution in [1.82, 2.24) is 5.32 Å². The average Bonchev–Trinajstić information content (AvgIpc) is 2.38. The molecule has 0 aliphatic rings. The van der Waals surface area contributed by atoms with Crippen LogP contribution in [0.5, 0.6) is 0 Å². The molecular weight excluding hydrogens is 210 g/mol. The van der Waals surface area contributed by atoms with Gasteiger partial charge in [-0.15, -0.1) is 0 Å². The maximum Gasteiger partial charge on any atom is 0.0431 e. The fourth-order valence-electron chi connectivity index (χ4n) is 2.05. The molecular formula is C15H25NO. The highest BCUT2D eigenvalue weighted by Gasteiger charge is 2.08. The molecule has 2 nitrogen and oxygen atoms in total. The summed E-state index contributed by atoms with van der Waals surface area (Å²) in [5.74, 6) is 0. The zero-order chi connectivity index (χ0) is 12.3. The van der Waals surface area contributed by atoms with Gasteiger partial charge in [-0.3, -0.25) is 0 Å². The monoisotopic (exact) mass is 235 g/mol. The Bertz CT molecular complexity index is 274. The highest BCUT2D eigenvalue weighted by Crippen LogP contribution is 2.17. The van der Waals surface area contributed by atoms with Crippen LogP contribution >= 0.6 is 0 Å². The van der Waals surface area contributed by atoms with Gasteiger partial charge < -0.3 is 10.4 Å². The molecule has 0 radical (unpaired) electrons. The Kier molecular flexibility index (Phi) is 7.69. The lowest BCUT2D eigenvalue weighted by Crippen LogP contribution is -2.22. The first-order chi connectivity index (χ1) is 8.38. The minimum absolute atomic E-state index is 0.317. The normalized spacial score (nSPS) is 12.6. The third kappa shape index (κ3) is 5.85. The number of aliphatic hydroxyl groups excluding tert-OH is 1. The van der Waals surface area contributed by atoms with Gasteiger partial charge in [-0.1, -0.05) is 43.7 Å². The summed E-state index contributed by atoms with van der Waals surface area (Å²) >= 11 is 0. The van der Waals surface area contributed by atoms with Gasteiger partial charge >= 0.3 is 0 Å². The van der Waals surface area contributed by atoms with Crippen LogP contribution in [0.3, 0.4) is 0 Å². The second-order valence-electron chi connectivity index (χ2n) is 4.49. The van der Waals surface area contributed by atoms with E-state index in [2.05, 4.69) is 42.6 Å². The topological polar surface area (TPSA) is 32.3 Å². The number of hydrogen-bond donors (Lipinski definition) is 2. The molecule has 0 saturated carbocycles. The number of nitrogens with one attached hydrogen (secondary N) is 1. The zero-order valence-electron chi connectivity index (χ0n) is 10.9. The number of rotatable bonds is 9. The Morgan fingerprint density at radius 1 is 1.12 bits per heavy atom. The molecule has 0 bridgehead atoms. The number of unbranched alkanes of at least 4 members (excludes halogenated alkanes) is 2. The van der Waals surface area contributed by atoms with E-state index in [1.165, 1.54) is 18.4 Å². The van der Waals surface area contributed by atoms with Crippen molar-refractivity contribution in [3.63, 3.8) is 0 Å². The maximum atomic E-state index is 8.72. The van der Waals surface area contributed by atoms with Crippen LogP contribution in [0.25, 0.3) is 0 Å². The van der Waals surface area contributed by atoms with Crippen molar-refractivity contribution in [1.29, 1.82) is 0 Å². The summed E-state index contributed by atoms with van der Waals surface area (Å²) in [5.41, 5.74) is 1.39. The average molecular weight is 235 g/mol. The fraction of sp³-hybridized carbons (Fsp3) is 0.600. The second kappa shape index (κ2) is 9.20. The van der Waals surface area contributed by atoms with Crippen LogP contribution in [0.15, 0.2) is 30.3 Å². The predicted molar refractivity (Wildman–Crippen MR) is 73.0 cm³/mol. The first-order valence-electron chi connectivity index (χ1n) is 6.77. The molecule has 1 atom stereocenters. The van der Waals surface area contributed by atoms with Gasteiger partial charge in [0.05, 0.1) is 0 Å². The van der Waals surface area contributed by atoms with Crippen LogP contribution < -0.4 is 5.32 Å². The molecule has 2 heteroatoms. The molecule has 1 rings (SSSR count). The van der Waals surface area contributed by atoms with Crippen LogP contribution in [0.4, 0.5) is 0 Å². The standard InChI is InChI=1S/C15H25NO/c1-2-9-15(14-10-5-3-6-11-14)16-12-7-4-8-13-17/h3,5-6,10-11,15-17H,2,4,7-9,12-13H2,1H3. The number of aliphatic hydroxyl groups is 1. The van der Waals surface area contributed by atoms with E-state index in [9.17, 15) is 0 Å². The second-order valence-corrected chi connectivity index (χ2v) is 4.49. The molecule has 0 saturated heterocycles. The van der Waals surface area contributed by atoms with Gasteiger partial charge in [-0.25, -0.2) is 0 Å². The lowest BCUT2D eigenvalue weighted by molar-refractivity contribution is 0.282. The van der Waals surface area contributed by atoms with Gasteiger partial charge in [0.25, 0.3) is 0 Å². The Balaban J connectivity index is 2.33. The fourth-order valence-corrected chi connectivity index (χ4v) is 2.05. The largest absolute Gasteiger partial charge is 0.396 e. The highest BCUT2D eigenvalue weighted by atomic mass is 16.2. The van der Waals surface area contributed by atoms with Crippen molar-refractivity contribution in [2.24, 2.45) is 0 Å². The predicted octanol–water partition coefficient (Wildman–Crippen LogP) is 3.28. The summed E-state index contributed by atoms with van der Waals surface area (Å²) in [6, 6.07) is 11.1. The smallest absolute Gasteiger partial charge is 0.0431 e. The Labute approximate surface area is 105 Å². The minimum atomic E-state index is 0.317. The van der Waals surface area contributed by atoms with Crippen LogP contribution in [-0.2, 0) is 0 Å². The van der Waals surface area contributed by atoms with Gasteiger partial charge in [0.15, 0.2) is 0 Å². The zero-order valence-corrected chi connectivity index (χ0v) is 10.9. The molecule has 0 aliphatic carbocycles. The summed E-state index contributed by atoms with van der Waals surface area (Å²) in [5, 5.41) is 12.3. The van der Waals surface area contributed by atoms with E-state index in [0.717, 1.165) is 25.8 Å². The van der Waals surface area contributed by atoms with Crippen molar-refractivity contribution >= 4 is 0 Å². The van der Waals surface area contributed by atoms with Crippen LogP contribution in [0.2, 0.25) is 0 Å². The third-order valence-corrected chi connectivity index (χ3v) is 3.00. The summed E-state index contributed by atoms with van der Waals surface area (Å²) in [4.78, 5) is 0. The molecule has 96 valence electrons. The van der Waals surface area contributed by atoms with Gasteiger partial charge in [-0.05, 0) is 37.8 Å². The van der Waals surface area contributed by atoms with Gasteiger partial charge in [0.1, 0.15) is 0 Å². The van der Waals surface area contributed by atoms with E-state index < -0.39 is 0 Å². The lowest BCUT2D eigenvalue weighted by atomic mass is 10.0. The molecule has 1 aromatic carbocycles. The summed E-state index contributed by atoms with van der Waals surface area (Å²) in [6.45, 7) is 3.58. The van der Waals surface area contributed by atoms with Gasteiger partial charge in [-0.2, -0.15) is 0 Å². The molecule has 2 N–H and O–H groups in total. The molecule has 17 heavy (non-hydrogen) atoms. The first-order valence-corrected chi connectivity index (χ1v) is 6.77. The quantitative estimate of drug-likeness (QED) is 0.644. The number of benzene rings is 1. The Morgan fingerprint density at radius 3 is 2.53 bits per heavy atom. The number of hydrogen-bond acceptors (Lipinski definition) is 2. The highest BCUT2D eigenvalue weighted by molar-refractivity contribution is 5.18. The maximum absolute atomic E-state index is 8.72. The van der Waals surface area contributed by atoms with E-state index in [4.69, 9.17) is 5.11 Å². The van der Waals surface area contributed by atoms with E-state index in [1.807, 2.05) is 0 Å². The summed E-state index contributed by atoms with van der Waals surface area (Å²) in [7, 11) is 0. The molecule has 0 amide bonds. The SMILES string of the molecule is CCCC(NCCCCCO)c1ccccc1. The lowest BCUT2D eigenvalue weighted by Gasteiger charge is -2.18. The van der Waals surface area contributed by atoms with E-state index >= 15 is 0 Å². The van der Waals surface area contributed by atoms with Crippen molar-refractivity contribution in [3.05, 3.63) is 35.9 Å². The third-order valence-electron chi connectivity index (χ3n) is 3.00. The first kappa shape index (κ1) is 14.2. The van der Waals surface area contributed by atoms with E-state index in [0.29, 0.717) is 12.6 Å². The van der Waals surface area contributed by atoms with Crippen LogP contribution in [-0.4, -0.2) is 18.3 Å². The molecule has 0 aliphatic heterocycles. The summed E-state index contributed by atoms with van der Waals surface area (Å²) < 4.78 is 0. The minimum Gasteiger partial charge on any atom is -0.396 e. The molecule has 0 spiro atoms. The van der Waals surface area contributed by atoms with E-state index in [1.54, 1.807) is 0 Å². The Morgan fingerprint density at radius 2 is 1.88 bits per heavy atom. The van der Waals surface area contributed by atoms with Crippen molar-refractivity contribution in [3.8, 4) is 0 Å². The van der Waals surface area contributed by atoms with Crippen LogP contribution in [0, 0.1) is 0 Å². The molecule has 0 heterocycles. The van der Waals surface area contributed by atoms with Crippen LogP contribution in [0.1, 0.15) is 50.6 Å². The summed E-state index contributed by atoms with van der Waals surface area (Å²) in [6.07, 6.45) is 5.56.